The Bertz CT molecular complexity index is 575. The summed E-state index contributed by atoms with van der Waals surface area (Å²) >= 11 is 0. The van der Waals surface area contributed by atoms with E-state index in [9.17, 15) is 0 Å². The van der Waals surface area contributed by atoms with E-state index in [0.29, 0.717) is 0 Å². The van der Waals surface area contributed by atoms with E-state index in [-0.39, 0.29) is 0 Å². The standard InChI is InChI=1S/C15H17N3/c1-2-6-12(5-1)9-10-16-15-11-17-13-7-3-4-8-14(13)18-15/h3-5,7-8,11H,1-2,6,9-10H2,(H,16,18). The van der Waals surface area contributed by atoms with Gasteiger partial charge in [0.25, 0.3) is 0 Å². The molecular weight excluding hydrogens is 222 g/mol. The molecule has 1 aromatic heterocycles. The summed E-state index contributed by atoms with van der Waals surface area (Å²) in [6, 6.07) is 7.95. The smallest absolute Gasteiger partial charge is 0.145 e. The highest BCUT2D eigenvalue weighted by Gasteiger charge is 2.04. The number of anilines is 1. The summed E-state index contributed by atoms with van der Waals surface area (Å²) in [5.41, 5.74) is 3.47. The third-order valence-corrected chi connectivity index (χ3v) is 3.34. The topological polar surface area (TPSA) is 37.8 Å². The predicted octanol–water partition coefficient (Wildman–Crippen LogP) is 3.54. The van der Waals surface area contributed by atoms with Gasteiger partial charge in [0.1, 0.15) is 5.82 Å². The minimum Gasteiger partial charge on any atom is -0.368 e. The summed E-state index contributed by atoms with van der Waals surface area (Å²) in [5, 5.41) is 3.35. The normalized spacial score (nSPS) is 14.8. The molecule has 0 saturated heterocycles. The van der Waals surface area contributed by atoms with Gasteiger partial charge in [-0.25, -0.2) is 4.98 Å². The zero-order valence-electron chi connectivity index (χ0n) is 10.4. The van der Waals surface area contributed by atoms with Gasteiger partial charge in [-0.1, -0.05) is 23.8 Å². The highest BCUT2D eigenvalue weighted by atomic mass is 15.0. The van der Waals surface area contributed by atoms with Crippen LogP contribution in [0, 0.1) is 0 Å². The molecule has 0 amide bonds. The zero-order valence-corrected chi connectivity index (χ0v) is 10.4. The lowest BCUT2D eigenvalue weighted by molar-refractivity contribution is 0.862. The van der Waals surface area contributed by atoms with E-state index < -0.39 is 0 Å². The number of hydrogen-bond acceptors (Lipinski definition) is 3. The predicted molar refractivity (Wildman–Crippen MR) is 74.6 cm³/mol. The molecular formula is C15H17N3. The van der Waals surface area contributed by atoms with Crippen molar-refractivity contribution in [3.8, 4) is 0 Å². The van der Waals surface area contributed by atoms with Crippen molar-refractivity contribution in [3.05, 3.63) is 42.1 Å². The molecule has 18 heavy (non-hydrogen) atoms. The van der Waals surface area contributed by atoms with Gasteiger partial charge < -0.3 is 5.32 Å². The SMILES string of the molecule is C1=C(CCNc2cnc3ccccc3n2)CCC1. The molecule has 0 saturated carbocycles. The van der Waals surface area contributed by atoms with Crippen LogP contribution in [0.1, 0.15) is 25.7 Å². The van der Waals surface area contributed by atoms with Crippen LogP contribution in [0.5, 0.6) is 0 Å². The van der Waals surface area contributed by atoms with Crippen molar-refractivity contribution in [2.45, 2.75) is 25.7 Å². The molecule has 3 rings (SSSR count). The van der Waals surface area contributed by atoms with Gasteiger partial charge in [-0.05, 0) is 37.8 Å². The molecule has 0 spiro atoms. The molecule has 3 heteroatoms. The number of nitrogens with zero attached hydrogens (tertiary/aromatic N) is 2. The maximum absolute atomic E-state index is 4.55. The number of aromatic nitrogens is 2. The van der Waals surface area contributed by atoms with Crippen LogP contribution in [0.15, 0.2) is 42.1 Å². The van der Waals surface area contributed by atoms with Crippen molar-refractivity contribution in [3.63, 3.8) is 0 Å². The first kappa shape index (κ1) is 11.2. The Labute approximate surface area is 107 Å². The maximum atomic E-state index is 4.55. The summed E-state index contributed by atoms with van der Waals surface area (Å²) < 4.78 is 0. The molecule has 1 aromatic carbocycles. The van der Waals surface area contributed by atoms with E-state index in [1.807, 2.05) is 30.5 Å². The molecule has 1 heterocycles. The molecule has 2 aromatic rings. The van der Waals surface area contributed by atoms with E-state index in [1.54, 1.807) is 5.57 Å². The molecule has 0 atom stereocenters. The minimum atomic E-state index is 0.868. The number of fused-ring (bicyclic) bond motifs is 1. The lowest BCUT2D eigenvalue weighted by Gasteiger charge is -2.06. The van der Waals surface area contributed by atoms with E-state index in [2.05, 4.69) is 21.4 Å². The van der Waals surface area contributed by atoms with Crippen LogP contribution < -0.4 is 5.32 Å². The number of para-hydroxylation sites is 2. The number of hydrogen-bond donors (Lipinski definition) is 1. The lowest BCUT2D eigenvalue weighted by atomic mass is 10.2. The van der Waals surface area contributed by atoms with Crippen molar-refractivity contribution in [1.29, 1.82) is 0 Å². The van der Waals surface area contributed by atoms with Gasteiger partial charge in [-0.15, -0.1) is 0 Å². The van der Waals surface area contributed by atoms with Crippen LogP contribution in [0.25, 0.3) is 11.0 Å². The van der Waals surface area contributed by atoms with Crippen LogP contribution in [0.4, 0.5) is 5.82 Å². The van der Waals surface area contributed by atoms with Gasteiger partial charge in [0, 0.05) is 6.54 Å². The summed E-state index contributed by atoms with van der Waals surface area (Å²) in [6.45, 7) is 0.943. The minimum absolute atomic E-state index is 0.868. The second kappa shape index (κ2) is 5.17. The monoisotopic (exact) mass is 239 g/mol. The first-order valence-electron chi connectivity index (χ1n) is 6.55. The molecule has 0 aliphatic heterocycles. The third-order valence-electron chi connectivity index (χ3n) is 3.34. The highest BCUT2D eigenvalue weighted by Crippen LogP contribution is 2.20. The van der Waals surface area contributed by atoms with Crippen molar-refractivity contribution < 1.29 is 0 Å². The van der Waals surface area contributed by atoms with Crippen LogP contribution >= 0.6 is 0 Å². The van der Waals surface area contributed by atoms with Crippen LogP contribution in [0.2, 0.25) is 0 Å². The molecule has 1 aliphatic carbocycles. The molecule has 1 N–H and O–H groups in total. The average Bonchev–Trinajstić information content (AvgIpc) is 2.92. The second-order valence-electron chi connectivity index (χ2n) is 4.68. The molecule has 0 unspecified atom stereocenters. The average molecular weight is 239 g/mol. The van der Waals surface area contributed by atoms with E-state index in [0.717, 1.165) is 29.8 Å². The van der Waals surface area contributed by atoms with Crippen molar-refractivity contribution in [2.75, 3.05) is 11.9 Å². The fourth-order valence-electron chi connectivity index (χ4n) is 2.36. The first-order chi connectivity index (χ1) is 8.92. The lowest BCUT2D eigenvalue weighted by Crippen LogP contribution is -2.04. The highest BCUT2D eigenvalue weighted by molar-refractivity contribution is 5.75. The Morgan fingerprint density at radius 3 is 2.89 bits per heavy atom. The van der Waals surface area contributed by atoms with Gasteiger partial charge in [0.05, 0.1) is 17.2 Å². The number of benzene rings is 1. The Kier molecular flexibility index (Phi) is 3.22. The number of allylic oxidation sites excluding steroid dienone is 1. The summed E-state index contributed by atoms with van der Waals surface area (Å²) in [7, 11) is 0. The summed E-state index contributed by atoms with van der Waals surface area (Å²) in [4.78, 5) is 8.94. The molecule has 3 nitrogen and oxygen atoms in total. The summed E-state index contributed by atoms with van der Waals surface area (Å²) in [6.07, 6.45) is 9.15. The van der Waals surface area contributed by atoms with Crippen LogP contribution in [0.3, 0.4) is 0 Å². The fourth-order valence-corrected chi connectivity index (χ4v) is 2.36. The molecule has 0 bridgehead atoms. The van der Waals surface area contributed by atoms with Gasteiger partial charge in [-0.2, -0.15) is 0 Å². The Morgan fingerprint density at radius 1 is 1.17 bits per heavy atom. The Hall–Kier alpha value is -1.90. The van der Waals surface area contributed by atoms with E-state index in [4.69, 9.17) is 0 Å². The van der Waals surface area contributed by atoms with Crippen LogP contribution in [-0.2, 0) is 0 Å². The molecule has 92 valence electrons. The first-order valence-corrected chi connectivity index (χ1v) is 6.55. The molecule has 0 fully saturated rings. The number of rotatable bonds is 4. The van der Waals surface area contributed by atoms with Gasteiger partial charge in [0.2, 0.25) is 0 Å². The van der Waals surface area contributed by atoms with Gasteiger partial charge in [-0.3, -0.25) is 4.98 Å². The molecule has 0 radical (unpaired) electrons. The zero-order chi connectivity index (χ0) is 12.2. The molecule has 1 aliphatic rings. The van der Waals surface area contributed by atoms with Crippen LogP contribution in [-0.4, -0.2) is 16.5 Å². The summed E-state index contributed by atoms with van der Waals surface area (Å²) in [5.74, 6) is 0.868. The largest absolute Gasteiger partial charge is 0.368 e. The van der Waals surface area contributed by atoms with Crippen molar-refractivity contribution in [1.82, 2.24) is 9.97 Å². The fraction of sp³-hybridized carbons (Fsp3) is 0.333. The van der Waals surface area contributed by atoms with Gasteiger partial charge in [0.15, 0.2) is 0 Å². The van der Waals surface area contributed by atoms with Crippen molar-refractivity contribution in [2.24, 2.45) is 0 Å². The van der Waals surface area contributed by atoms with E-state index >= 15 is 0 Å². The van der Waals surface area contributed by atoms with Crippen molar-refractivity contribution >= 4 is 16.9 Å². The number of nitrogens with one attached hydrogen (secondary N) is 1. The van der Waals surface area contributed by atoms with Gasteiger partial charge >= 0.3 is 0 Å². The third kappa shape index (κ3) is 2.50. The Balaban J connectivity index is 1.63. The quantitative estimate of drug-likeness (QED) is 0.829. The van der Waals surface area contributed by atoms with E-state index in [1.165, 1.54) is 19.3 Å². The Morgan fingerprint density at radius 2 is 2.06 bits per heavy atom. The maximum Gasteiger partial charge on any atom is 0.145 e. The second-order valence-corrected chi connectivity index (χ2v) is 4.68.